The van der Waals surface area contributed by atoms with Gasteiger partial charge < -0.3 is 10.2 Å². The van der Waals surface area contributed by atoms with Crippen LogP contribution < -0.4 is 10.2 Å². The number of fused-ring (bicyclic) bond motifs is 1. The zero-order valence-corrected chi connectivity index (χ0v) is 15.9. The molecule has 6 heteroatoms. The summed E-state index contributed by atoms with van der Waals surface area (Å²) in [5.74, 6) is 0. The van der Waals surface area contributed by atoms with Crippen LogP contribution in [0, 0.1) is 5.41 Å². The van der Waals surface area contributed by atoms with Crippen molar-refractivity contribution >= 4 is 39.8 Å². The molecule has 3 aromatic rings. The van der Waals surface area contributed by atoms with E-state index in [0.29, 0.717) is 15.5 Å². The minimum absolute atomic E-state index is 0.534. The molecule has 0 amide bonds. The predicted octanol–water partition coefficient (Wildman–Crippen LogP) is 4.73. The number of nitrogens with one attached hydrogen (secondary N) is 2. The van der Waals surface area contributed by atoms with Crippen LogP contribution in [0.4, 0.5) is 5.69 Å². The van der Waals surface area contributed by atoms with Gasteiger partial charge >= 0.3 is 0 Å². The van der Waals surface area contributed by atoms with Gasteiger partial charge in [0.05, 0.1) is 21.8 Å². The van der Waals surface area contributed by atoms with Crippen molar-refractivity contribution in [3.8, 4) is 11.1 Å². The average molecular weight is 387 g/mol. The standard InChI is InChI=1S/C20H20Cl2N4/c21-17-9-15(18(22)19-16(17)10-24-25-19)13-1-3-14(4-2-13)26-11-20(12-26)5-7-23-8-6-20/h1-4,9-10,23H,5-8,11-12H2,(H,24,25). The van der Waals surface area contributed by atoms with E-state index in [4.69, 9.17) is 23.2 Å². The SMILES string of the molecule is Clc1cc(-c2ccc(N3CC4(CCNCC4)C3)cc2)c(Cl)c2[nH]ncc12. The van der Waals surface area contributed by atoms with E-state index in [9.17, 15) is 0 Å². The normalized spacial score (nSPS) is 19.1. The monoisotopic (exact) mass is 386 g/mol. The second-order valence-corrected chi connectivity index (χ2v) is 8.32. The van der Waals surface area contributed by atoms with Gasteiger partial charge in [-0.15, -0.1) is 0 Å². The number of H-pyrrole nitrogens is 1. The van der Waals surface area contributed by atoms with E-state index in [1.54, 1.807) is 6.20 Å². The molecular weight excluding hydrogens is 367 g/mol. The van der Waals surface area contributed by atoms with Crippen LogP contribution in [0.2, 0.25) is 10.0 Å². The molecule has 2 aliphatic heterocycles. The largest absolute Gasteiger partial charge is 0.370 e. The Balaban J connectivity index is 1.40. The molecule has 0 atom stereocenters. The molecule has 2 aromatic carbocycles. The van der Waals surface area contributed by atoms with E-state index in [1.165, 1.54) is 31.6 Å². The Morgan fingerprint density at radius 1 is 1.04 bits per heavy atom. The van der Waals surface area contributed by atoms with Gasteiger partial charge in [-0.3, -0.25) is 5.10 Å². The first-order valence-electron chi connectivity index (χ1n) is 9.02. The van der Waals surface area contributed by atoms with Crippen LogP contribution in [0.15, 0.2) is 36.5 Å². The van der Waals surface area contributed by atoms with E-state index in [-0.39, 0.29) is 0 Å². The third-order valence-electron chi connectivity index (χ3n) is 5.88. The number of halogens is 2. The number of benzene rings is 2. The van der Waals surface area contributed by atoms with Gasteiger partial charge in [-0.1, -0.05) is 35.3 Å². The van der Waals surface area contributed by atoms with Gasteiger partial charge in [0.2, 0.25) is 0 Å². The van der Waals surface area contributed by atoms with Crippen molar-refractivity contribution in [3.63, 3.8) is 0 Å². The second-order valence-electron chi connectivity index (χ2n) is 7.53. The summed E-state index contributed by atoms with van der Waals surface area (Å²) in [5, 5.41) is 12.6. The molecule has 1 spiro atoms. The second kappa shape index (κ2) is 6.15. The van der Waals surface area contributed by atoms with Crippen LogP contribution in [0.5, 0.6) is 0 Å². The molecule has 0 aliphatic carbocycles. The first-order valence-corrected chi connectivity index (χ1v) is 9.78. The summed E-state index contributed by atoms with van der Waals surface area (Å²) in [7, 11) is 0. The van der Waals surface area contributed by atoms with E-state index in [1.807, 2.05) is 6.07 Å². The molecule has 0 saturated carbocycles. The summed E-state index contributed by atoms with van der Waals surface area (Å²) >= 11 is 13.0. The maximum Gasteiger partial charge on any atom is 0.0857 e. The van der Waals surface area contributed by atoms with Crippen molar-refractivity contribution in [1.29, 1.82) is 0 Å². The third-order valence-corrected chi connectivity index (χ3v) is 6.59. The Kier molecular flexibility index (Phi) is 3.89. The molecule has 5 rings (SSSR count). The quantitative estimate of drug-likeness (QED) is 0.669. The Morgan fingerprint density at radius 2 is 1.77 bits per heavy atom. The number of hydrogen-bond acceptors (Lipinski definition) is 3. The number of aromatic nitrogens is 2. The van der Waals surface area contributed by atoms with Gasteiger partial charge in [0.15, 0.2) is 0 Å². The lowest BCUT2D eigenvalue weighted by molar-refractivity contribution is 0.150. The molecule has 0 bridgehead atoms. The lowest BCUT2D eigenvalue weighted by Gasteiger charge is -2.53. The first kappa shape index (κ1) is 16.4. The Bertz CT molecular complexity index is 950. The van der Waals surface area contributed by atoms with Gasteiger partial charge in [0.1, 0.15) is 0 Å². The van der Waals surface area contributed by atoms with Crippen molar-refractivity contribution in [2.24, 2.45) is 5.41 Å². The summed E-state index contributed by atoms with van der Waals surface area (Å²) in [6.07, 6.45) is 4.29. The molecular formula is C20H20Cl2N4. The zero-order chi connectivity index (χ0) is 17.7. The molecule has 1 aromatic heterocycles. The molecule has 26 heavy (non-hydrogen) atoms. The van der Waals surface area contributed by atoms with Gasteiger partial charge in [-0.25, -0.2) is 0 Å². The van der Waals surface area contributed by atoms with Crippen LogP contribution in [0.1, 0.15) is 12.8 Å². The fraction of sp³-hybridized carbons (Fsp3) is 0.350. The van der Waals surface area contributed by atoms with Gasteiger partial charge in [-0.2, -0.15) is 5.10 Å². The molecule has 2 N–H and O–H groups in total. The van der Waals surface area contributed by atoms with Crippen molar-refractivity contribution in [3.05, 3.63) is 46.6 Å². The van der Waals surface area contributed by atoms with Crippen molar-refractivity contribution in [2.75, 3.05) is 31.1 Å². The number of piperidine rings is 1. The molecule has 0 unspecified atom stereocenters. The minimum Gasteiger partial charge on any atom is -0.370 e. The highest BCUT2D eigenvalue weighted by Crippen LogP contribution is 2.42. The zero-order valence-electron chi connectivity index (χ0n) is 14.4. The van der Waals surface area contributed by atoms with Gasteiger partial charge in [0.25, 0.3) is 0 Å². The average Bonchev–Trinajstić information content (AvgIpc) is 3.14. The summed E-state index contributed by atoms with van der Waals surface area (Å²) in [6, 6.07) is 10.5. The minimum atomic E-state index is 0.534. The van der Waals surface area contributed by atoms with E-state index in [0.717, 1.165) is 35.1 Å². The maximum absolute atomic E-state index is 6.58. The smallest absolute Gasteiger partial charge is 0.0857 e. The molecule has 3 heterocycles. The molecule has 2 fully saturated rings. The van der Waals surface area contributed by atoms with Crippen LogP contribution in [-0.4, -0.2) is 36.4 Å². The summed E-state index contributed by atoms with van der Waals surface area (Å²) in [6.45, 7) is 4.64. The number of rotatable bonds is 2. The maximum atomic E-state index is 6.58. The fourth-order valence-corrected chi connectivity index (χ4v) is 4.88. The lowest BCUT2D eigenvalue weighted by Crippen LogP contribution is -2.60. The highest BCUT2D eigenvalue weighted by molar-refractivity contribution is 6.42. The Hall–Kier alpha value is -1.75. The van der Waals surface area contributed by atoms with Crippen molar-refractivity contribution in [1.82, 2.24) is 15.5 Å². The fourth-order valence-electron chi connectivity index (χ4n) is 4.32. The predicted molar refractivity (Wildman–Crippen MR) is 108 cm³/mol. The first-order chi connectivity index (χ1) is 12.7. The van der Waals surface area contributed by atoms with Crippen LogP contribution in [0.25, 0.3) is 22.0 Å². The van der Waals surface area contributed by atoms with Crippen LogP contribution in [-0.2, 0) is 0 Å². The number of anilines is 1. The summed E-state index contributed by atoms with van der Waals surface area (Å²) < 4.78 is 0. The van der Waals surface area contributed by atoms with Crippen molar-refractivity contribution < 1.29 is 0 Å². The van der Waals surface area contributed by atoms with Gasteiger partial charge in [0, 0.05) is 35.1 Å². The molecule has 2 aliphatic rings. The van der Waals surface area contributed by atoms with Crippen LogP contribution >= 0.6 is 23.2 Å². The number of aromatic amines is 1. The third kappa shape index (κ3) is 2.59. The summed E-state index contributed by atoms with van der Waals surface area (Å²) in [5.41, 5.74) is 4.59. The van der Waals surface area contributed by atoms with E-state index >= 15 is 0 Å². The Morgan fingerprint density at radius 3 is 2.50 bits per heavy atom. The van der Waals surface area contributed by atoms with Gasteiger partial charge in [-0.05, 0) is 49.7 Å². The Labute approximate surface area is 162 Å². The van der Waals surface area contributed by atoms with Crippen molar-refractivity contribution in [2.45, 2.75) is 12.8 Å². The highest BCUT2D eigenvalue weighted by Gasteiger charge is 2.43. The van der Waals surface area contributed by atoms with E-state index in [2.05, 4.69) is 44.7 Å². The molecule has 134 valence electrons. The highest BCUT2D eigenvalue weighted by atomic mass is 35.5. The summed E-state index contributed by atoms with van der Waals surface area (Å²) in [4.78, 5) is 2.47. The molecule has 0 radical (unpaired) electrons. The topological polar surface area (TPSA) is 44.0 Å². The van der Waals surface area contributed by atoms with E-state index < -0.39 is 0 Å². The van der Waals surface area contributed by atoms with Crippen LogP contribution in [0.3, 0.4) is 0 Å². The number of nitrogens with zero attached hydrogens (tertiary/aromatic N) is 2. The molecule has 2 saturated heterocycles. The number of hydrogen-bond donors (Lipinski definition) is 2. The molecule has 4 nitrogen and oxygen atoms in total. The lowest BCUT2D eigenvalue weighted by atomic mass is 9.72.